The molecule has 0 amide bonds. The third-order valence-corrected chi connectivity index (χ3v) is 3.72. The van der Waals surface area contributed by atoms with Crippen LogP contribution in [0, 0.1) is 0 Å². The Morgan fingerprint density at radius 3 is 2.67 bits per heavy atom. The summed E-state index contributed by atoms with van der Waals surface area (Å²) in [5, 5.41) is 3.25. The third kappa shape index (κ3) is 3.57. The summed E-state index contributed by atoms with van der Waals surface area (Å²) in [5.41, 5.74) is 0. The van der Waals surface area contributed by atoms with Crippen LogP contribution < -0.4 is 10.2 Å². The number of hydrogen-bond donors (Lipinski definition) is 1. The predicted molar refractivity (Wildman–Crippen MR) is 79.2 cm³/mol. The summed E-state index contributed by atoms with van der Waals surface area (Å²) < 4.78 is 0.992. The topological polar surface area (TPSA) is 41.1 Å². The standard InChI is InChI=1S/C13H21BrN4/c1-2-7-15-13-16-10-11(14)12(17-13)18-8-5-3-4-6-9-18/h10H,2-9H2,1H3,(H,15,16,17). The summed E-state index contributed by atoms with van der Waals surface area (Å²) in [6.45, 7) is 5.26. The number of anilines is 2. The molecule has 2 rings (SSSR count). The van der Waals surface area contributed by atoms with Gasteiger partial charge in [-0.15, -0.1) is 0 Å². The molecular weight excluding hydrogens is 292 g/mol. The van der Waals surface area contributed by atoms with Gasteiger partial charge < -0.3 is 10.2 Å². The minimum Gasteiger partial charge on any atom is -0.356 e. The molecule has 0 aromatic carbocycles. The fraction of sp³-hybridized carbons (Fsp3) is 0.692. The van der Waals surface area contributed by atoms with Crippen molar-refractivity contribution >= 4 is 27.7 Å². The van der Waals surface area contributed by atoms with E-state index in [0.717, 1.165) is 42.3 Å². The predicted octanol–water partition coefficient (Wildman–Crippen LogP) is 3.44. The Balaban J connectivity index is 2.13. The van der Waals surface area contributed by atoms with Crippen LogP contribution in [-0.4, -0.2) is 29.6 Å². The van der Waals surface area contributed by atoms with Crippen LogP contribution in [0.1, 0.15) is 39.0 Å². The summed E-state index contributed by atoms with van der Waals surface area (Å²) in [6, 6.07) is 0. The van der Waals surface area contributed by atoms with Crippen molar-refractivity contribution in [2.24, 2.45) is 0 Å². The van der Waals surface area contributed by atoms with E-state index in [4.69, 9.17) is 0 Å². The van der Waals surface area contributed by atoms with E-state index in [0.29, 0.717) is 0 Å². The maximum Gasteiger partial charge on any atom is 0.224 e. The Hall–Kier alpha value is -0.840. The minimum absolute atomic E-state index is 0.735. The molecule has 1 aromatic heterocycles. The van der Waals surface area contributed by atoms with Crippen molar-refractivity contribution in [3.8, 4) is 0 Å². The van der Waals surface area contributed by atoms with Crippen LogP contribution in [-0.2, 0) is 0 Å². The second-order valence-electron chi connectivity index (χ2n) is 4.69. The smallest absolute Gasteiger partial charge is 0.224 e. The Bertz CT molecular complexity index is 375. The number of aromatic nitrogens is 2. The van der Waals surface area contributed by atoms with Crippen LogP contribution in [0.25, 0.3) is 0 Å². The van der Waals surface area contributed by atoms with E-state index in [1.165, 1.54) is 25.7 Å². The number of halogens is 1. The molecule has 100 valence electrons. The van der Waals surface area contributed by atoms with Crippen LogP contribution in [0.4, 0.5) is 11.8 Å². The maximum atomic E-state index is 4.63. The van der Waals surface area contributed by atoms with Gasteiger partial charge in [0.15, 0.2) is 0 Å². The van der Waals surface area contributed by atoms with Gasteiger partial charge >= 0.3 is 0 Å². The average molecular weight is 313 g/mol. The Kier molecular flexibility index (Phi) is 5.23. The van der Waals surface area contributed by atoms with Gasteiger partial charge in [-0.2, -0.15) is 4.98 Å². The van der Waals surface area contributed by atoms with Gasteiger partial charge in [0.2, 0.25) is 5.95 Å². The number of nitrogens with zero attached hydrogens (tertiary/aromatic N) is 3. The molecule has 1 aliphatic rings. The lowest BCUT2D eigenvalue weighted by Crippen LogP contribution is -2.25. The lowest BCUT2D eigenvalue weighted by molar-refractivity contribution is 0.726. The van der Waals surface area contributed by atoms with Gasteiger partial charge in [-0.3, -0.25) is 0 Å². The van der Waals surface area contributed by atoms with Gasteiger partial charge in [-0.05, 0) is 35.2 Å². The highest BCUT2D eigenvalue weighted by Crippen LogP contribution is 2.26. The van der Waals surface area contributed by atoms with E-state index in [1.807, 2.05) is 6.20 Å². The fourth-order valence-electron chi connectivity index (χ4n) is 2.18. The Morgan fingerprint density at radius 2 is 2.00 bits per heavy atom. The molecule has 1 saturated heterocycles. The molecule has 1 fully saturated rings. The molecule has 2 heterocycles. The van der Waals surface area contributed by atoms with Crippen molar-refractivity contribution in [2.75, 3.05) is 29.9 Å². The first-order valence-electron chi connectivity index (χ1n) is 6.82. The van der Waals surface area contributed by atoms with Gasteiger partial charge in [0.25, 0.3) is 0 Å². The SMILES string of the molecule is CCCNc1ncc(Br)c(N2CCCCCC2)n1. The van der Waals surface area contributed by atoms with Crippen molar-refractivity contribution in [1.82, 2.24) is 9.97 Å². The van der Waals surface area contributed by atoms with Crippen molar-refractivity contribution in [3.63, 3.8) is 0 Å². The van der Waals surface area contributed by atoms with Gasteiger partial charge in [-0.1, -0.05) is 19.8 Å². The lowest BCUT2D eigenvalue weighted by atomic mass is 10.2. The summed E-state index contributed by atoms with van der Waals surface area (Å²) in [6.07, 6.45) is 8.12. The second-order valence-corrected chi connectivity index (χ2v) is 5.55. The van der Waals surface area contributed by atoms with E-state index in [2.05, 4.69) is 43.0 Å². The minimum atomic E-state index is 0.735. The molecule has 18 heavy (non-hydrogen) atoms. The molecule has 5 heteroatoms. The third-order valence-electron chi connectivity index (χ3n) is 3.16. The first-order chi connectivity index (χ1) is 8.81. The molecule has 1 N–H and O–H groups in total. The Morgan fingerprint density at radius 1 is 1.28 bits per heavy atom. The zero-order chi connectivity index (χ0) is 12.8. The van der Waals surface area contributed by atoms with E-state index >= 15 is 0 Å². The summed E-state index contributed by atoms with van der Waals surface area (Å²) in [4.78, 5) is 11.3. The highest BCUT2D eigenvalue weighted by atomic mass is 79.9. The first-order valence-corrected chi connectivity index (χ1v) is 7.62. The van der Waals surface area contributed by atoms with Crippen LogP contribution >= 0.6 is 15.9 Å². The summed E-state index contributed by atoms with van der Waals surface area (Å²) in [5.74, 6) is 1.77. The normalized spacial score (nSPS) is 16.4. The number of nitrogens with one attached hydrogen (secondary N) is 1. The molecule has 0 saturated carbocycles. The molecule has 0 bridgehead atoms. The average Bonchev–Trinajstić information content (AvgIpc) is 2.66. The molecule has 4 nitrogen and oxygen atoms in total. The molecule has 0 radical (unpaired) electrons. The van der Waals surface area contributed by atoms with Crippen LogP contribution in [0.15, 0.2) is 10.7 Å². The summed E-state index contributed by atoms with van der Waals surface area (Å²) >= 11 is 3.57. The lowest BCUT2D eigenvalue weighted by Gasteiger charge is -2.22. The van der Waals surface area contributed by atoms with Crippen LogP contribution in [0.2, 0.25) is 0 Å². The number of hydrogen-bond acceptors (Lipinski definition) is 4. The van der Waals surface area contributed by atoms with Crippen molar-refractivity contribution in [1.29, 1.82) is 0 Å². The molecule has 0 spiro atoms. The van der Waals surface area contributed by atoms with Gasteiger partial charge in [0, 0.05) is 25.8 Å². The van der Waals surface area contributed by atoms with Crippen molar-refractivity contribution in [3.05, 3.63) is 10.7 Å². The highest BCUT2D eigenvalue weighted by Gasteiger charge is 2.15. The second kappa shape index (κ2) is 6.92. The molecule has 1 aromatic rings. The summed E-state index contributed by atoms with van der Waals surface area (Å²) in [7, 11) is 0. The highest BCUT2D eigenvalue weighted by molar-refractivity contribution is 9.10. The monoisotopic (exact) mass is 312 g/mol. The zero-order valence-electron chi connectivity index (χ0n) is 11.0. The van der Waals surface area contributed by atoms with E-state index in [-0.39, 0.29) is 0 Å². The van der Waals surface area contributed by atoms with E-state index in [9.17, 15) is 0 Å². The fourth-order valence-corrected chi connectivity index (χ4v) is 2.63. The Labute approximate surface area is 117 Å². The van der Waals surface area contributed by atoms with Gasteiger partial charge in [-0.25, -0.2) is 4.98 Å². The number of rotatable bonds is 4. The van der Waals surface area contributed by atoms with Gasteiger partial charge in [0.05, 0.1) is 4.47 Å². The van der Waals surface area contributed by atoms with Crippen molar-refractivity contribution in [2.45, 2.75) is 39.0 Å². The van der Waals surface area contributed by atoms with E-state index in [1.54, 1.807) is 0 Å². The van der Waals surface area contributed by atoms with Crippen LogP contribution in [0.5, 0.6) is 0 Å². The zero-order valence-corrected chi connectivity index (χ0v) is 12.5. The molecule has 0 aliphatic carbocycles. The van der Waals surface area contributed by atoms with E-state index < -0.39 is 0 Å². The van der Waals surface area contributed by atoms with Gasteiger partial charge in [0.1, 0.15) is 5.82 Å². The molecule has 1 aliphatic heterocycles. The van der Waals surface area contributed by atoms with Crippen LogP contribution in [0.3, 0.4) is 0 Å². The maximum absolute atomic E-state index is 4.63. The molecule has 0 atom stereocenters. The molecular formula is C13H21BrN4. The molecule has 0 unspecified atom stereocenters. The quantitative estimate of drug-likeness (QED) is 0.924. The van der Waals surface area contributed by atoms with Crippen molar-refractivity contribution < 1.29 is 0 Å². The first kappa shape index (κ1) is 13.6. The largest absolute Gasteiger partial charge is 0.356 e.